The van der Waals surface area contributed by atoms with Gasteiger partial charge in [0, 0.05) is 5.92 Å². The average molecular weight is 254 g/mol. The van der Waals surface area contributed by atoms with Crippen LogP contribution in [-0.4, -0.2) is 36.2 Å². The third-order valence-electron chi connectivity index (χ3n) is 4.27. The Morgan fingerprint density at radius 3 is 2.39 bits per heavy atom. The fourth-order valence-electron chi connectivity index (χ4n) is 3.02. The van der Waals surface area contributed by atoms with Gasteiger partial charge in [0.15, 0.2) is 0 Å². The molecule has 3 N–H and O–H groups in total. The molecule has 1 saturated heterocycles. The molecule has 104 valence electrons. The predicted octanol–water partition coefficient (Wildman–Crippen LogP) is 1.19. The summed E-state index contributed by atoms with van der Waals surface area (Å²) >= 11 is 0. The van der Waals surface area contributed by atoms with Gasteiger partial charge < -0.3 is 15.7 Å². The average Bonchev–Trinajstić information content (AvgIpc) is 2.39. The number of carbonyl (C=O) groups is 1. The minimum absolute atomic E-state index is 0.0207. The number of nitrogens with one attached hydrogen (secondary N) is 2. The molecular weight excluding hydrogens is 228 g/mol. The zero-order valence-corrected chi connectivity index (χ0v) is 11.2. The Kier molecular flexibility index (Phi) is 5.45. The Hall–Kier alpha value is -0.610. The maximum absolute atomic E-state index is 12.2. The number of aliphatic hydroxyl groups is 1. The summed E-state index contributed by atoms with van der Waals surface area (Å²) in [6, 6.07) is -0.0207. The second kappa shape index (κ2) is 7.10. The van der Waals surface area contributed by atoms with Crippen molar-refractivity contribution in [1.82, 2.24) is 10.6 Å². The fourth-order valence-corrected chi connectivity index (χ4v) is 3.02. The molecule has 0 aromatic rings. The van der Waals surface area contributed by atoms with Crippen LogP contribution in [0.25, 0.3) is 0 Å². The van der Waals surface area contributed by atoms with Crippen molar-refractivity contribution in [2.24, 2.45) is 5.92 Å². The lowest BCUT2D eigenvalue weighted by molar-refractivity contribution is -0.127. The van der Waals surface area contributed by atoms with E-state index < -0.39 is 0 Å². The predicted molar refractivity (Wildman–Crippen MR) is 71.2 cm³/mol. The summed E-state index contributed by atoms with van der Waals surface area (Å²) in [5, 5.41) is 16.5. The van der Waals surface area contributed by atoms with Crippen LogP contribution in [0.3, 0.4) is 0 Å². The van der Waals surface area contributed by atoms with Gasteiger partial charge in [-0.25, -0.2) is 0 Å². The van der Waals surface area contributed by atoms with Crippen LogP contribution in [0.1, 0.15) is 51.4 Å². The summed E-state index contributed by atoms with van der Waals surface area (Å²) in [6.45, 7) is 1.87. The summed E-state index contributed by atoms with van der Waals surface area (Å²) in [4.78, 5) is 12.2. The van der Waals surface area contributed by atoms with Crippen LogP contribution in [0, 0.1) is 5.92 Å². The second-order valence-electron chi connectivity index (χ2n) is 5.70. The first-order valence-corrected chi connectivity index (χ1v) is 7.46. The summed E-state index contributed by atoms with van der Waals surface area (Å²) in [5.41, 5.74) is 0. The van der Waals surface area contributed by atoms with E-state index in [1.54, 1.807) is 0 Å². The Bertz CT molecular complexity index is 265. The molecule has 2 aliphatic rings. The minimum atomic E-state index is -0.351. The summed E-state index contributed by atoms with van der Waals surface area (Å²) < 4.78 is 0. The van der Waals surface area contributed by atoms with Crippen LogP contribution in [0.2, 0.25) is 0 Å². The van der Waals surface area contributed by atoms with Crippen LogP contribution < -0.4 is 10.6 Å². The first kappa shape index (κ1) is 13.8. The molecule has 1 aliphatic heterocycles. The third-order valence-corrected chi connectivity index (χ3v) is 4.27. The molecule has 4 nitrogen and oxygen atoms in total. The smallest absolute Gasteiger partial charge is 0.223 e. The topological polar surface area (TPSA) is 61.4 Å². The van der Waals surface area contributed by atoms with Gasteiger partial charge in [-0.3, -0.25) is 4.79 Å². The van der Waals surface area contributed by atoms with E-state index >= 15 is 0 Å². The molecule has 2 fully saturated rings. The molecule has 2 atom stereocenters. The van der Waals surface area contributed by atoms with Crippen molar-refractivity contribution in [1.29, 1.82) is 0 Å². The number of carbonyl (C=O) groups excluding carboxylic acids is 1. The molecule has 0 unspecified atom stereocenters. The number of hydrogen-bond donors (Lipinski definition) is 3. The van der Waals surface area contributed by atoms with Crippen molar-refractivity contribution in [2.75, 3.05) is 13.1 Å². The third kappa shape index (κ3) is 3.95. The van der Waals surface area contributed by atoms with E-state index in [1.165, 1.54) is 12.8 Å². The van der Waals surface area contributed by atoms with E-state index in [0.29, 0.717) is 0 Å². The highest BCUT2D eigenvalue weighted by atomic mass is 16.3. The number of piperidine rings is 1. The van der Waals surface area contributed by atoms with E-state index in [-0.39, 0.29) is 24.0 Å². The molecule has 1 saturated carbocycles. The molecule has 0 aromatic heterocycles. The maximum atomic E-state index is 12.2. The molecule has 1 amide bonds. The molecule has 1 heterocycles. The van der Waals surface area contributed by atoms with Gasteiger partial charge in [-0.1, -0.05) is 25.7 Å². The molecule has 0 spiro atoms. The highest BCUT2D eigenvalue weighted by Crippen LogP contribution is 2.19. The van der Waals surface area contributed by atoms with E-state index in [4.69, 9.17) is 0 Å². The van der Waals surface area contributed by atoms with Crippen molar-refractivity contribution < 1.29 is 9.90 Å². The molecule has 1 aliphatic carbocycles. The molecule has 4 heteroatoms. The zero-order valence-electron chi connectivity index (χ0n) is 11.2. The number of rotatable bonds is 2. The van der Waals surface area contributed by atoms with Crippen molar-refractivity contribution in [2.45, 2.75) is 63.5 Å². The van der Waals surface area contributed by atoms with Crippen LogP contribution in [0.15, 0.2) is 0 Å². The zero-order chi connectivity index (χ0) is 12.8. The van der Waals surface area contributed by atoms with Crippen LogP contribution in [0.5, 0.6) is 0 Å². The molecule has 18 heavy (non-hydrogen) atoms. The molecule has 2 rings (SSSR count). The summed E-state index contributed by atoms with van der Waals surface area (Å²) in [5.74, 6) is 0.296. The van der Waals surface area contributed by atoms with E-state index in [9.17, 15) is 9.90 Å². The van der Waals surface area contributed by atoms with Crippen LogP contribution in [0.4, 0.5) is 0 Å². The van der Waals surface area contributed by atoms with Gasteiger partial charge in [0.05, 0.1) is 12.1 Å². The number of amides is 1. The molecule has 0 radical (unpaired) electrons. The largest absolute Gasteiger partial charge is 0.391 e. The fraction of sp³-hybridized carbons (Fsp3) is 0.929. The first-order chi connectivity index (χ1) is 8.77. The van der Waals surface area contributed by atoms with Crippen molar-refractivity contribution in [3.63, 3.8) is 0 Å². The van der Waals surface area contributed by atoms with Gasteiger partial charge in [0.25, 0.3) is 0 Å². The van der Waals surface area contributed by atoms with Gasteiger partial charge in [0.2, 0.25) is 5.91 Å². The van der Waals surface area contributed by atoms with Crippen molar-refractivity contribution >= 4 is 5.91 Å². The minimum Gasteiger partial charge on any atom is -0.391 e. The van der Waals surface area contributed by atoms with Gasteiger partial charge in [-0.15, -0.1) is 0 Å². The second-order valence-corrected chi connectivity index (χ2v) is 5.70. The highest BCUT2D eigenvalue weighted by Gasteiger charge is 2.26. The van der Waals surface area contributed by atoms with Gasteiger partial charge in [0.1, 0.15) is 0 Å². The molecule has 0 bridgehead atoms. The Morgan fingerprint density at radius 1 is 1.00 bits per heavy atom. The lowest BCUT2D eigenvalue weighted by atomic mass is 9.92. The van der Waals surface area contributed by atoms with Crippen molar-refractivity contribution in [3.05, 3.63) is 0 Å². The molecule has 0 aromatic carbocycles. The maximum Gasteiger partial charge on any atom is 0.223 e. The SMILES string of the molecule is O=C(N[C@H]1CCCCCC[C@@H]1O)C1CCNCC1. The Balaban J connectivity index is 1.83. The van der Waals surface area contributed by atoms with Crippen LogP contribution in [-0.2, 0) is 4.79 Å². The normalized spacial score (nSPS) is 31.4. The van der Waals surface area contributed by atoms with Gasteiger partial charge in [-0.2, -0.15) is 0 Å². The summed E-state index contributed by atoms with van der Waals surface area (Å²) in [6.07, 6.45) is 7.90. The summed E-state index contributed by atoms with van der Waals surface area (Å²) in [7, 11) is 0. The Labute approximate surface area is 110 Å². The van der Waals surface area contributed by atoms with Gasteiger partial charge >= 0.3 is 0 Å². The first-order valence-electron chi connectivity index (χ1n) is 7.46. The van der Waals surface area contributed by atoms with E-state index in [0.717, 1.165) is 51.6 Å². The van der Waals surface area contributed by atoms with E-state index in [1.807, 2.05) is 0 Å². The van der Waals surface area contributed by atoms with E-state index in [2.05, 4.69) is 10.6 Å². The highest BCUT2D eigenvalue weighted by molar-refractivity contribution is 5.79. The van der Waals surface area contributed by atoms with Crippen molar-refractivity contribution in [3.8, 4) is 0 Å². The monoisotopic (exact) mass is 254 g/mol. The van der Waals surface area contributed by atoms with Crippen LogP contribution >= 0.6 is 0 Å². The quantitative estimate of drug-likeness (QED) is 0.693. The molecular formula is C14H26N2O2. The lowest BCUT2D eigenvalue weighted by Crippen LogP contribution is -2.47. The Morgan fingerprint density at radius 2 is 1.67 bits per heavy atom. The standard InChI is InChI=1S/C14H26N2O2/c17-13-6-4-2-1-3-5-12(13)16-14(18)11-7-9-15-10-8-11/h11-13,15,17H,1-10H2,(H,16,18)/t12-,13-/m0/s1. The number of hydrogen-bond acceptors (Lipinski definition) is 3. The van der Waals surface area contributed by atoms with Gasteiger partial charge in [-0.05, 0) is 38.8 Å². The number of aliphatic hydroxyl groups excluding tert-OH is 1. The lowest BCUT2D eigenvalue weighted by Gasteiger charge is -2.29.